The lowest BCUT2D eigenvalue weighted by molar-refractivity contribution is 1.09. The predicted octanol–water partition coefficient (Wildman–Crippen LogP) is 3.91. The lowest BCUT2D eigenvalue weighted by atomic mass is 10.1. The molecule has 2 nitrogen and oxygen atoms in total. The first-order chi connectivity index (χ1) is 8.95. The van der Waals surface area contributed by atoms with Gasteiger partial charge in [-0.25, -0.2) is 0 Å². The Morgan fingerprint density at radius 1 is 0.611 bits per heavy atom. The van der Waals surface area contributed by atoms with Gasteiger partial charge in [-0.05, 0) is 22.9 Å². The van der Waals surface area contributed by atoms with Crippen LogP contribution in [0, 0.1) is 0 Å². The third-order valence-electron chi connectivity index (χ3n) is 2.86. The average molecular weight is 232 g/mol. The van der Waals surface area contributed by atoms with E-state index in [-0.39, 0.29) is 0 Å². The van der Waals surface area contributed by atoms with Gasteiger partial charge in [0.1, 0.15) is 0 Å². The van der Waals surface area contributed by atoms with Crippen LogP contribution in [0.15, 0.2) is 72.9 Å². The Hall–Kier alpha value is -2.48. The Balaban J connectivity index is 2.59. The van der Waals surface area contributed by atoms with Crippen molar-refractivity contribution in [1.82, 2.24) is 10.2 Å². The number of nitrogens with zero attached hydrogens (tertiary/aromatic N) is 2. The second-order valence-corrected chi connectivity index (χ2v) is 4.02. The highest BCUT2D eigenvalue weighted by Gasteiger charge is 1.95. The molecule has 0 unspecified atom stereocenters. The Morgan fingerprint density at radius 3 is 2.17 bits per heavy atom. The minimum absolute atomic E-state index is 0.893. The van der Waals surface area contributed by atoms with E-state index in [0.29, 0.717) is 0 Å². The van der Waals surface area contributed by atoms with Gasteiger partial charge in [0, 0.05) is 11.6 Å². The third kappa shape index (κ3) is 2.00. The largest absolute Gasteiger partial charge is 0.159 e. The van der Waals surface area contributed by atoms with Gasteiger partial charge >= 0.3 is 0 Å². The quantitative estimate of drug-likeness (QED) is 0.587. The molecule has 2 heteroatoms. The summed E-state index contributed by atoms with van der Waals surface area (Å²) in [6.07, 6.45) is 1.70. The molecule has 0 aliphatic carbocycles. The third-order valence-corrected chi connectivity index (χ3v) is 2.86. The van der Waals surface area contributed by atoms with Gasteiger partial charge in [0.2, 0.25) is 0 Å². The molecule has 0 saturated carbocycles. The minimum Gasteiger partial charge on any atom is -0.159 e. The van der Waals surface area contributed by atoms with Crippen molar-refractivity contribution in [2.75, 3.05) is 0 Å². The van der Waals surface area contributed by atoms with Gasteiger partial charge < -0.3 is 0 Å². The van der Waals surface area contributed by atoms with Crippen LogP contribution in [-0.2, 0) is 0 Å². The number of hydrogen-bond acceptors (Lipinski definition) is 2. The van der Waals surface area contributed by atoms with Crippen molar-refractivity contribution in [2.45, 2.75) is 0 Å². The van der Waals surface area contributed by atoms with Crippen LogP contribution in [0.1, 0.15) is 0 Å². The van der Waals surface area contributed by atoms with Crippen LogP contribution in [0.5, 0.6) is 0 Å². The first-order valence-corrected chi connectivity index (χ1v) is 5.88. The first-order valence-electron chi connectivity index (χ1n) is 5.88. The highest BCUT2D eigenvalue weighted by molar-refractivity contribution is 6.03. The molecule has 1 aromatic heterocycles. The summed E-state index contributed by atoms with van der Waals surface area (Å²) in [5, 5.41) is 11.8. The lowest BCUT2D eigenvalue weighted by Crippen LogP contribution is -1.78. The SMILES string of the molecule is c1ccc2ccccc2c2ccccc2nnc1. The lowest BCUT2D eigenvalue weighted by Gasteiger charge is -1.97. The summed E-state index contributed by atoms with van der Waals surface area (Å²) >= 11 is 0. The van der Waals surface area contributed by atoms with E-state index < -0.39 is 0 Å². The van der Waals surface area contributed by atoms with Crippen LogP contribution >= 0.6 is 0 Å². The zero-order valence-corrected chi connectivity index (χ0v) is 9.82. The van der Waals surface area contributed by atoms with Crippen LogP contribution < -0.4 is 0 Å². The van der Waals surface area contributed by atoms with Crippen molar-refractivity contribution >= 4 is 21.7 Å². The van der Waals surface area contributed by atoms with E-state index in [1.165, 1.54) is 10.8 Å². The highest BCUT2D eigenvalue weighted by atomic mass is 15.1. The van der Waals surface area contributed by atoms with E-state index in [0.717, 1.165) is 10.9 Å². The molecule has 0 N–H and O–H groups in total. The number of benzene rings is 2. The Bertz CT molecular complexity index is 684. The van der Waals surface area contributed by atoms with E-state index in [1.54, 1.807) is 6.20 Å². The van der Waals surface area contributed by atoms with Gasteiger partial charge in [0.25, 0.3) is 0 Å². The van der Waals surface area contributed by atoms with Gasteiger partial charge in [-0.15, -0.1) is 0 Å². The second kappa shape index (κ2) is 4.80. The molecule has 0 fully saturated rings. The Labute approximate surface area is 105 Å². The fourth-order valence-corrected chi connectivity index (χ4v) is 2.02. The summed E-state index contributed by atoms with van der Waals surface area (Å²) in [7, 11) is 0. The zero-order chi connectivity index (χ0) is 12.2. The summed E-state index contributed by atoms with van der Waals surface area (Å²) in [5.74, 6) is 0. The van der Waals surface area contributed by atoms with Crippen LogP contribution in [-0.4, -0.2) is 10.2 Å². The molecule has 86 valence electrons. The number of aromatic nitrogens is 2. The van der Waals surface area contributed by atoms with E-state index in [2.05, 4.69) is 34.5 Å². The molecule has 0 amide bonds. The van der Waals surface area contributed by atoms with Crippen molar-refractivity contribution in [3.63, 3.8) is 0 Å². The van der Waals surface area contributed by atoms with Crippen molar-refractivity contribution in [3.8, 4) is 0 Å². The molecule has 0 aliphatic heterocycles. The molecular weight excluding hydrogens is 220 g/mol. The monoisotopic (exact) mass is 232 g/mol. The molecule has 2 aromatic carbocycles. The summed E-state index contributed by atoms with van der Waals surface area (Å²) in [6, 6.07) is 22.3. The van der Waals surface area contributed by atoms with Crippen molar-refractivity contribution in [2.24, 2.45) is 0 Å². The average Bonchev–Trinajstić information content (AvgIpc) is 2.44. The summed E-state index contributed by atoms with van der Waals surface area (Å²) in [5.41, 5.74) is 0.893. The fraction of sp³-hybridized carbons (Fsp3) is 0. The minimum atomic E-state index is 0.893. The molecule has 0 spiro atoms. The summed E-state index contributed by atoms with van der Waals surface area (Å²) in [6.45, 7) is 0. The topological polar surface area (TPSA) is 25.8 Å². The maximum Gasteiger partial charge on any atom is 0.0935 e. The van der Waals surface area contributed by atoms with Gasteiger partial charge in [-0.3, -0.25) is 0 Å². The molecule has 1 heterocycles. The normalized spacial score (nSPS) is 10.2. The van der Waals surface area contributed by atoms with Crippen LogP contribution in [0.2, 0.25) is 0 Å². The molecule has 0 radical (unpaired) electrons. The number of rotatable bonds is 0. The Morgan fingerprint density at radius 2 is 1.28 bits per heavy atom. The van der Waals surface area contributed by atoms with E-state index in [4.69, 9.17) is 0 Å². The van der Waals surface area contributed by atoms with Crippen LogP contribution in [0.4, 0.5) is 0 Å². The summed E-state index contributed by atoms with van der Waals surface area (Å²) < 4.78 is 0. The molecule has 3 rings (SSSR count). The van der Waals surface area contributed by atoms with Crippen molar-refractivity contribution in [1.29, 1.82) is 0 Å². The molecule has 3 aromatic rings. The maximum absolute atomic E-state index is 4.25. The van der Waals surface area contributed by atoms with Gasteiger partial charge in [0.15, 0.2) is 0 Å². The molecule has 18 heavy (non-hydrogen) atoms. The predicted molar refractivity (Wildman–Crippen MR) is 74.7 cm³/mol. The molecule has 0 saturated heterocycles. The fourth-order valence-electron chi connectivity index (χ4n) is 2.02. The first kappa shape index (κ1) is 10.7. The Kier molecular flexibility index (Phi) is 2.84. The van der Waals surface area contributed by atoms with Crippen molar-refractivity contribution in [3.05, 3.63) is 72.9 Å². The molecular formula is C16H12N2. The highest BCUT2D eigenvalue weighted by Crippen LogP contribution is 2.19. The maximum atomic E-state index is 4.25. The zero-order valence-electron chi connectivity index (χ0n) is 9.82. The van der Waals surface area contributed by atoms with E-state index in [1.807, 2.05) is 42.5 Å². The van der Waals surface area contributed by atoms with E-state index in [9.17, 15) is 0 Å². The number of fused-ring (bicyclic) bond motifs is 3. The molecule has 0 bridgehead atoms. The second-order valence-electron chi connectivity index (χ2n) is 4.02. The smallest absolute Gasteiger partial charge is 0.0935 e. The van der Waals surface area contributed by atoms with Crippen LogP contribution in [0.3, 0.4) is 0 Å². The van der Waals surface area contributed by atoms with Gasteiger partial charge in [0.05, 0.1) is 5.52 Å². The van der Waals surface area contributed by atoms with Gasteiger partial charge in [-0.1, -0.05) is 54.6 Å². The number of hydrogen-bond donors (Lipinski definition) is 0. The standard InChI is InChI=1S/C16H12N2/c1-2-9-14-13(7-1)8-5-6-12-17-18-16-11-4-3-10-15(14)16/h1-12H. The van der Waals surface area contributed by atoms with E-state index >= 15 is 0 Å². The molecule has 0 atom stereocenters. The van der Waals surface area contributed by atoms with Crippen LogP contribution in [0.25, 0.3) is 21.7 Å². The van der Waals surface area contributed by atoms with Gasteiger partial charge in [-0.2, -0.15) is 10.2 Å². The van der Waals surface area contributed by atoms with Crippen molar-refractivity contribution < 1.29 is 0 Å². The summed E-state index contributed by atoms with van der Waals surface area (Å²) in [4.78, 5) is 0. The molecule has 0 aliphatic rings.